The van der Waals surface area contributed by atoms with Crippen LogP contribution in [-0.4, -0.2) is 56.8 Å². The van der Waals surface area contributed by atoms with E-state index in [9.17, 15) is 8.42 Å². The molecule has 0 bridgehead atoms. The van der Waals surface area contributed by atoms with Crippen LogP contribution in [0.15, 0.2) is 0 Å². The first-order valence-electron chi connectivity index (χ1n) is 6.93. The lowest BCUT2D eigenvalue weighted by Gasteiger charge is -2.39. The predicted octanol–water partition coefficient (Wildman–Crippen LogP) is 0.647. The van der Waals surface area contributed by atoms with E-state index in [2.05, 4.69) is 5.32 Å². The van der Waals surface area contributed by atoms with Gasteiger partial charge in [-0.15, -0.1) is 0 Å². The molecule has 1 aliphatic heterocycles. The van der Waals surface area contributed by atoms with Crippen molar-refractivity contribution >= 4 is 10.2 Å². The molecule has 2 fully saturated rings. The van der Waals surface area contributed by atoms with E-state index in [-0.39, 0.29) is 6.04 Å². The van der Waals surface area contributed by atoms with Crippen molar-refractivity contribution in [3.05, 3.63) is 0 Å². The molecular formula is C12H25N3O2S. The zero-order valence-electron chi connectivity index (χ0n) is 11.4. The van der Waals surface area contributed by atoms with E-state index in [0.717, 1.165) is 38.6 Å². The minimum atomic E-state index is -3.21. The Labute approximate surface area is 111 Å². The van der Waals surface area contributed by atoms with Gasteiger partial charge in [-0.2, -0.15) is 17.0 Å². The summed E-state index contributed by atoms with van der Waals surface area (Å²) in [6.07, 6.45) is 5.14. The smallest absolute Gasteiger partial charge is 0.281 e. The summed E-state index contributed by atoms with van der Waals surface area (Å²) in [5.74, 6) is 0.621. The van der Waals surface area contributed by atoms with Crippen molar-refractivity contribution < 1.29 is 8.42 Å². The van der Waals surface area contributed by atoms with Gasteiger partial charge in [0.15, 0.2) is 0 Å². The molecule has 1 saturated heterocycles. The Morgan fingerprint density at radius 1 is 1.22 bits per heavy atom. The predicted molar refractivity (Wildman–Crippen MR) is 72.5 cm³/mol. The van der Waals surface area contributed by atoms with Gasteiger partial charge in [0, 0.05) is 26.2 Å². The summed E-state index contributed by atoms with van der Waals surface area (Å²) >= 11 is 0. The van der Waals surface area contributed by atoms with Gasteiger partial charge in [-0.25, -0.2) is 0 Å². The van der Waals surface area contributed by atoms with E-state index in [0.29, 0.717) is 19.0 Å². The zero-order chi connectivity index (χ0) is 13.2. The molecule has 0 aromatic carbocycles. The van der Waals surface area contributed by atoms with E-state index in [1.165, 1.54) is 0 Å². The van der Waals surface area contributed by atoms with Crippen molar-refractivity contribution in [1.82, 2.24) is 13.9 Å². The van der Waals surface area contributed by atoms with Gasteiger partial charge >= 0.3 is 0 Å². The van der Waals surface area contributed by atoms with Crippen LogP contribution in [0.2, 0.25) is 0 Å². The first kappa shape index (κ1) is 14.2. The first-order chi connectivity index (χ1) is 8.55. The normalized spacial score (nSPS) is 24.4. The molecule has 1 aliphatic carbocycles. The lowest BCUT2D eigenvalue weighted by molar-refractivity contribution is 0.212. The number of piperidine rings is 1. The Hall–Kier alpha value is -0.170. The summed E-state index contributed by atoms with van der Waals surface area (Å²) < 4.78 is 28.1. The maximum atomic E-state index is 12.4. The molecule has 0 radical (unpaired) electrons. The second-order valence-electron chi connectivity index (χ2n) is 5.51. The Kier molecular flexibility index (Phi) is 4.64. The minimum Gasteiger partial charge on any atom is -0.319 e. The lowest BCUT2D eigenvalue weighted by atomic mass is 9.94. The molecule has 2 rings (SSSR count). The summed E-state index contributed by atoms with van der Waals surface area (Å²) in [6, 6.07) is 0.241. The molecular weight excluding hydrogens is 250 g/mol. The average molecular weight is 275 g/mol. The van der Waals surface area contributed by atoms with Gasteiger partial charge in [0.2, 0.25) is 0 Å². The highest BCUT2D eigenvalue weighted by Gasteiger charge is 2.36. The van der Waals surface area contributed by atoms with Gasteiger partial charge in [-0.1, -0.05) is 6.42 Å². The van der Waals surface area contributed by atoms with Gasteiger partial charge in [0.1, 0.15) is 0 Å². The zero-order valence-corrected chi connectivity index (χ0v) is 12.2. The fourth-order valence-electron chi connectivity index (χ4n) is 2.75. The number of nitrogens with zero attached hydrogens (tertiary/aromatic N) is 2. The summed E-state index contributed by atoms with van der Waals surface area (Å²) in [7, 11) is 0.473. The van der Waals surface area contributed by atoms with Gasteiger partial charge in [-0.05, 0) is 45.2 Å². The van der Waals surface area contributed by atoms with Crippen LogP contribution < -0.4 is 5.32 Å². The van der Waals surface area contributed by atoms with Gasteiger partial charge in [-0.3, -0.25) is 0 Å². The molecule has 1 N–H and O–H groups in total. The lowest BCUT2D eigenvalue weighted by Crippen LogP contribution is -2.51. The van der Waals surface area contributed by atoms with E-state index in [4.69, 9.17) is 0 Å². The molecule has 2 aliphatic rings. The average Bonchev–Trinajstić information content (AvgIpc) is 2.28. The molecule has 0 aromatic heterocycles. The highest BCUT2D eigenvalue weighted by Crippen LogP contribution is 2.28. The fraction of sp³-hybridized carbons (Fsp3) is 1.00. The molecule has 1 saturated carbocycles. The second kappa shape index (κ2) is 5.86. The van der Waals surface area contributed by atoms with Gasteiger partial charge in [0.25, 0.3) is 10.2 Å². The highest BCUT2D eigenvalue weighted by atomic mass is 32.2. The molecule has 0 amide bonds. The van der Waals surface area contributed by atoms with E-state index < -0.39 is 10.2 Å². The summed E-state index contributed by atoms with van der Waals surface area (Å²) in [5, 5.41) is 3.17. The largest absolute Gasteiger partial charge is 0.319 e. The minimum absolute atomic E-state index is 0.241. The van der Waals surface area contributed by atoms with Gasteiger partial charge in [0.05, 0.1) is 0 Å². The van der Waals surface area contributed by atoms with E-state index >= 15 is 0 Å². The Balaban J connectivity index is 1.91. The number of hydrogen-bond donors (Lipinski definition) is 1. The Morgan fingerprint density at radius 3 is 2.28 bits per heavy atom. The van der Waals surface area contributed by atoms with Crippen LogP contribution in [0.3, 0.4) is 0 Å². The van der Waals surface area contributed by atoms with Crippen LogP contribution in [0.25, 0.3) is 0 Å². The van der Waals surface area contributed by atoms with Crippen molar-refractivity contribution in [2.45, 2.75) is 38.1 Å². The van der Waals surface area contributed by atoms with Crippen molar-refractivity contribution in [1.29, 1.82) is 0 Å². The third-order valence-electron chi connectivity index (χ3n) is 4.35. The van der Waals surface area contributed by atoms with Crippen LogP contribution in [0.4, 0.5) is 0 Å². The van der Waals surface area contributed by atoms with Crippen LogP contribution in [0.5, 0.6) is 0 Å². The SMILES string of the molecule is CNCC1CCN(S(=O)(=O)N(C)C2CCC2)CC1. The standard InChI is InChI=1S/C12H25N3O2S/c1-13-10-11-6-8-15(9-7-11)18(16,17)14(2)12-4-3-5-12/h11-13H,3-10H2,1-2H3. The molecule has 0 aromatic rings. The van der Waals surface area contributed by atoms with Crippen molar-refractivity contribution in [3.8, 4) is 0 Å². The number of hydrogen-bond acceptors (Lipinski definition) is 3. The maximum Gasteiger partial charge on any atom is 0.281 e. The molecule has 106 valence electrons. The van der Waals surface area contributed by atoms with Crippen molar-refractivity contribution in [3.63, 3.8) is 0 Å². The summed E-state index contributed by atoms with van der Waals surface area (Å²) in [5.41, 5.74) is 0. The second-order valence-corrected chi connectivity index (χ2v) is 7.50. The van der Waals surface area contributed by atoms with E-state index in [1.807, 2.05) is 7.05 Å². The molecule has 0 spiro atoms. The van der Waals surface area contributed by atoms with Crippen molar-refractivity contribution in [2.75, 3.05) is 33.7 Å². The summed E-state index contributed by atoms with van der Waals surface area (Å²) in [6.45, 7) is 2.34. The van der Waals surface area contributed by atoms with Crippen LogP contribution in [0, 0.1) is 5.92 Å². The van der Waals surface area contributed by atoms with Gasteiger partial charge < -0.3 is 5.32 Å². The molecule has 6 heteroatoms. The third kappa shape index (κ3) is 2.87. The molecule has 0 unspecified atom stereocenters. The monoisotopic (exact) mass is 275 g/mol. The molecule has 0 atom stereocenters. The quantitative estimate of drug-likeness (QED) is 0.801. The number of rotatable bonds is 5. The van der Waals surface area contributed by atoms with Crippen LogP contribution >= 0.6 is 0 Å². The fourth-order valence-corrected chi connectivity index (χ4v) is 4.38. The van der Waals surface area contributed by atoms with Crippen molar-refractivity contribution in [2.24, 2.45) is 5.92 Å². The molecule has 18 heavy (non-hydrogen) atoms. The highest BCUT2D eigenvalue weighted by molar-refractivity contribution is 7.86. The maximum absolute atomic E-state index is 12.4. The Bertz CT molecular complexity index is 360. The van der Waals surface area contributed by atoms with Crippen LogP contribution in [0.1, 0.15) is 32.1 Å². The number of nitrogens with one attached hydrogen (secondary N) is 1. The molecule has 1 heterocycles. The topological polar surface area (TPSA) is 52.7 Å². The van der Waals surface area contributed by atoms with Crippen LogP contribution in [-0.2, 0) is 10.2 Å². The third-order valence-corrected chi connectivity index (χ3v) is 6.39. The Morgan fingerprint density at radius 2 is 1.83 bits per heavy atom. The van der Waals surface area contributed by atoms with E-state index in [1.54, 1.807) is 15.7 Å². The summed E-state index contributed by atoms with van der Waals surface area (Å²) in [4.78, 5) is 0. The first-order valence-corrected chi connectivity index (χ1v) is 8.33. The molecule has 5 nitrogen and oxygen atoms in total.